The monoisotopic (exact) mass is 515 g/mol. The van der Waals surface area contributed by atoms with E-state index in [-0.39, 0.29) is 0 Å². The molecule has 0 aromatic heterocycles. The molecule has 0 atom stereocenters. The van der Waals surface area contributed by atoms with E-state index in [0.29, 0.717) is 0 Å². The van der Waals surface area contributed by atoms with Crippen molar-refractivity contribution in [1.82, 2.24) is 14.0 Å². The lowest BCUT2D eigenvalue weighted by Gasteiger charge is -2.45. The standard InChI is InChI=1S/C30H66N3OP/c1-7-13-19-25-31(26-20-14-8-2)35(34,32(27-21-15-9-3)28-22-16-10-4)33(29-23-17-11-5)30-24-18-12-6/h7-30H2,1-6H3. The predicted octanol–water partition coefficient (Wildman–Crippen LogP) is 10.1. The van der Waals surface area contributed by atoms with E-state index < -0.39 is 7.59 Å². The molecule has 0 radical (unpaired) electrons. The van der Waals surface area contributed by atoms with Crippen LogP contribution in [0, 0.1) is 0 Å². The number of nitrogens with zero attached hydrogens (tertiary/aromatic N) is 3. The molecule has 212 valence electrons. The third kappa shape index (κ3) is 15.2. The molecule has 0 aliphatic rings. The van der Waals surface area contributed by atoms with Gasteiger partial charge in [0.15, 0.2) is 0 Å². The van der Waals surface area contributed by atoms with Gasteiger partial charge in [-0.1, -0.05) is 119 Å². The highest BCUT2D eigenvalue weighted by Gasteiger charge is 2.41. The van der Waals surface area contributed by atoms with Crippen molar-refractivity contribution in [3.05, 3.63) is 0 Å². The van der Waals surface area contributed by atoms with Crippen LogP contribution in [0.15, 0.2) is 0 Å². The molecule has 0 aliphatic heterocycles. The van der Waals surface area contributed by atoms with Gasteiger partial charge in [0.25, 0.3) is 7.59 Å². The summed E-state index contributed by atoms with van der Waals surface area (Å²) in [6, 6.07) is 0. The Bertz CT molecular complexity index is 392. The van der Waals surface area contributed by atoms with Crippen LogP contribution in [0.4, 0.5) is 0 Å². The van der Waals surface area contributed by atoms with E-state index in [2.05, 4.69) is 55.6 Å². The molecule has 0 saturated carbocycles. The van der Waals surface area contributed by atoms with E-state index in [4.69, 9.17) is 0 Å². The van der Waals surface area contributed by atoms with Crippen LogP contribution < -0.4 is 0 Å². The number of unbranched alkanes of at least 4 members (excludes halogenated alkanes) is 12. The van der Waals surface area contributed by atoms with Gasteiger partial charge in [0.1, 0.15) is 0 Å². The highest BCUT2D eigenvalue weighted by atomic mass is 31.2. The first-order chi connectivity index (χ1) is 17.1. The Morgan fingerprint density at radius 1 is 0.343 bits per heavy atom. The molecule has 5 heteroatoms. The summed E-state index contributed by atoms with van der Waals surface area (Å²) in [4.78, 5) is 0. The first-order valence-electron chi connectivity index (χ1n) is 15.9. The summed E-state index contributed by atoms with van der Waals surface area (Å²) in [6.45, 7) is 19.6. The Balaban J connectivity index is 6.24. The van der Waals surface area contributed by atoms with E-state index >= 15 is 4.57 Å². The molecule has 0 amide bonds. The van der Waals surface area contributed by atoms with Crippen LogP contribution in [0.3, 0.4) is 0 Å². The smallest absolute Gasteiger partial charge is 0.270 e. The minimum absolute atomic E-state index is 0.991. The summed E-state index contributed by atoms with van der Waals surface area (Å²) in [5.41, 5.74) is 0. The normalized spacial score (nSPS) is 12.5. The van der Waals surface area contributed by atoms with Crippen molar-refractivity contribution in [2.75, 3.05) is 39.3 Å². The van der Waals surface area contributed by atoms with Crippen LogP contribution in [0.25, 0.3) is 0 Å². The van der Waals surface area contributed by atoms with Gasteiger partial charge < -0.3 is 0 Å². The maximum Gasteiger partial charge on any atom is 0.286 e. The van der Waals surface area contributed by atoms with Crippen LogP contribution in [-0.4, -0.2) is 53.3 Å². The van der Waals surface area contributed by atoms with E-state index in [9.17, 15) is 0 Å². The SMILES string of the molecule is CCCCCN(CCCCC)P(=O)(N(CCCCC)CCCCC)N(CCCCC)CCCCC. The Labute approximate surface area is 222 Å². The molecule has 0 N–H and O–H groups in total. The topological polar surface area (TPSA) is 26.8 Å². The third-order valence-electron chi connectivity index (χ3n) is 7.22. The molecule has 0 heterocycles. The Morgan fingerprint density at radius 2 is 0.514 bits per heavy atom. The van der Waals surface area contributed by atoms with E-state index in [1.54, 1.807) is 0 Å². The molecule has 0 aromatic carbocycles. The van der Waals surface area contributed by atoms with Crippen molar-refractivity contribution in [3.8, 4) is 0 Å². The van der Waals surface area contributed by atoms with Crippen LogP contribution >= 0.6 is 7.59 Å². The molecule has 0 fully saturated rings. The summed E-state index contributed by atoms with van der Waals surface area (Å²) in [5.74, 6) is 0. The average Bonchev–Trinajstić information content (AvgIpc) is 2.86. The highest BCUT2D eigenvalue weighted by molar-refractivity contribution is 7.56. The second-order valence-electron chi connectivity index (χ2n) is 10.6. The Kier molecular flexibility index (Phi) is 24.5. The van der Waals surface area contributed by atoms with Crippen molar-refractivity contribution < 1.29 is 4.57 Å². The lowest BCUT2D eigenvalue weighted by molar-refractivity contribution is 0.249. The molecule has 0 bridgehead atoms. The fourth-order valence-electron chi connectivity index (χ4n) is 4.92. The summed E-state index contributed by atoms with van der Waals surface area (Å²) < 4.78 is 23.2. The maximum atomic E-state index is 15.7. The number of hydrogen-bond acceptors (Lipinski definition) is 1. The molecule has 0 aromatic rings. The summed E-state index contributed by atoms with van der Waals surface area (Å²) in [7, 11) is -2.79. The van der Waals surface area contributed by atoms with Crippen molar-refractivity contribution >= 4 is 7.59 Å². The van der Waals surface area contributed by atoms with E-state index in [1.165, 1.54) is 116 Å². The molecule has 0 saturated heterocycles. The van der Waals surface area contributed by atoms with Gasteiger partial charge in [0.2, 0.25) is 0 Å². The molecule has 35 heavy (non-hydrogen) atoms. The predicted molar refractivity (Wildman–Crippen MR) is 159 cm³/mol. The van der Waals surface area contributed by atoms with Crippen LogP contribution in [0.1, 0.15) is 157 Å². The Hall–Kier alpha value is 0.110. The molecular weight excluding hydrogens is 449 g/mol. The van der Waals surface area contributed by atoms with Gasteiger partial charge in [0, 0.05) is 39.3 Å². The van der Waals surface area contributed by atoms with Gasteiger partial charge in [-0.15, -0.1) is 0 Å². The van der Waals surface area contributed by atoms with E-state index in [0.717, 1.165) is 39.3 Å². The van der Waals surface area contributed by atoms with Gasteiger partial charge in [-0.25, -0.2) is 14.0 Å². The molecule has 0 rings (SSSR count). The maximum absolute atomic E-state index is 15.7. The fraction of sp³-hybridized carbons (Fsp3) is 1.00. The summed E-state index contributed by atoms with van der Waals surface area (Å²) in [6.07, 6.45) is 21.8. The zero-order valence-corrected chi connectivity index (χ0v) is 26.1. The van der Waals surface area contributed by atoms with Crippen molar-refractivity contribution in [1.29, 1.82) is 0 Å². The number of hydrogen-bond donors (Lipinski definition) is 0. The van der Waals surface area contributed by atoms with Crippen molar-refractivity contribution in [2.45, 2.75) is 157 Å². The highest BCUT2D eigenvalue weighted by Crippen LogP contribution is 2.57. The van der Waals surface area contributed by atoms with E-state index in [1.807, 2.05) is 0 Å². The molecule has 0 spiro atoms. The van der Waals surface area contributed by atoms with Crippen LogP contribution in [0.5, 0.6) is 0 Å². The quantitative estimate of drug-likeness (QED) is 0.0803. The largest absolute Gasteiger partial charge is 0.286 e. The summed E-state index contributed by atoms with van der Waals surface area (Å²) >= 11 is 0. The van der Waals surface area contributed by atoms with Crippen LogP contribution in [-0.2, 0) is 4.57 Å². The molecular formula is C30H66N3OP. The van der Waals surface area contributed by atoms with Gasteiger partial charge in [-0.3, -0.25) is 4.57 Å². The van der Waals surface area contributed by atoms with Gasteiger partial charge in [-0.05, 0) is 38.5 Å². The fourth-order valence-corrected chi connectivity index (χ4v) is 8.40. The minimum Gasteiger partial charge on any atom is -0.270 e. The van der Waals surface area contributed by atoms with Crippen LogP contribution in [0.2, 0.25) is 0 Å². The molecule has 4 nitrogen and oxygen atoms in total. The molecule has 0 unspecified atom stereocenters. The minimum atomic E-state index is -2.79. The number of rotatable bonds is 27. The second-order valence-corrected chi connectivity index (χ2v) is 13.3. The average molecular weight is 516 g/mol. The summed E-state index contributed by atoms with van der Waals surface area (Å²) in [5, 5.41) is 0. The van der Waals surface area contributed by atoms with Gasteiger partial charge >= 0.3 is 0 Å². The lowest BCUT2D eigenvalue weighted by Crippen LogP contribution is -2.43. The first kappa shape index (κ1) is 35.1. The first-order valence-corrected chi connectivity index (χ1v) is 17.5. The zero-order valence-electron chi connectivity index (χ0n) is 25.2. The second kappa shape index (κ2) is 24.4. The van der Waals surface area contributed by atoms with Gasteiger partial charge in [-0.2, -0.15) is 0 Å². The Morgan fingerprint density at radius 3 is 0.657 bits per heavy atom. The third-order valence-corrected chi connectivity index (χ3v) is 10.6. The lowest BCUT2D eigenvalue weighted by atomic mass is 10.2. The van der Waals surface area contributed by atoms with Gasteiger partial charge in [0.05, 0.1) is 0 Å². The van der Waals surface area contributed by atoms with Crippen molar-refractivity contribution in [3.63, 3.8) is 0 Å². The zero-order chi connectivity index (χ0) is 26.2. The van der Waals surface area contributed by atoms with Crippen molar-refractivity contribution in [2.24, 2.45) is 0 Å². The molecule has 0 aliphatic carbocycles.